The van der Waals surface area contributed by atoms with E-state index in [2.05, 4.69) is 9.98 Å². The monoisotopic (exact) mass is 416 g/mol. The van der Waals surface area contributed by atoms with Crippen LogP contribution < -0.4 is 0 Å². The van der Waals surface area contributed by atoms with Crippen molar-refractivity contribution in [3.8, 4) is 17.2 Å². The van der Waals surface area contributed by atoms with Gasteiger partial charge in [0.15, 0.2) is 5.58 Å². The van der Waals surface area contributed by atoms with E-state index in [1.807, 2.05) is 24.3 Å². The van der Waals surface area contributed by atoms with Gasteiger partial charge >= 0.3 is 0 Å². The molecule has 0 aliphatic carbocycles. The van der Waals surface area contributed by atoms with E-state index >= 15 is 0 Å². The highest BCUT2D eigenvalue weighted by molar-refractivity contribution is 6.36. The third-order valence-electron chi connectivity index (χ3n) is 3.87. The van der Waals surface area contributed by atoms with Crippen LogP contribution in [-0.2, 0) is 0 Å². The van der Waals surface area contributed by atoms with Gasteiger partial charge in [0.1, 0.15) is 11.3 Å². The summed E-state index contributed by atoms with van der Waals surface area (Å²) in [7, 11) is 0. The van der Waals surface area contributed by atoms with Crippen molar-refractivity contribution in [3.05, 3.63) is 75.2 Å². The van der Waals surface area contributed by atoms with Gasteiger partial charge in [0.05, 0.1) is 10.7 Å². The molecule has 4 aromatic rings. The summed E-state index contributed by atoms with van der Waals surface area (Å²) in [6, 6.07) is 15.7. The zero-order chi connectivity index (χ0) is 19.0. The van der Waals surface area contributed by atoms with Gasteiger partial charge in [0.25, 0.3) is 0 Å². The number of phenols is 1. The van der Waals surface area contributed by atoms with Gasteiger partial charge in [0, 0.05) is 27.4 Å². The van der Waals surface area contributed by atoms with Crippen LogP contribution in [0.1, 0.15) is 5.56 Å². The average Bonchev–Trinajstić information content (AvgIpc) is 3.07. The number of aromatic nitrogens is 1. The molecule has 4 rings (SSSR count). The number of aliphatic imine (C=N–C) groups is 1. The standard InChI is InChI=1S/C20H11Cl3N2O2/c21-13-3-6-18-17(9-13)25-20(27-18)11-1-4-15(5-2-11)24-10-12-7-14(22)8-16(23)19(12)26/h1-10,26H. The summed E-state index contributed by atoms with van der Waals surface area (Å²) in [5.41, 5.74) is 3.31. The van der Waals surface area contributed by atoms with Crippen LogP contribution >= 0.6 is 34.8 Å². The zero-order valence-electron chi connectivity index (χ0n) is 13.7. The first-order chi connectivity index (χ1) is 13.0. The van der Waals surface area contributed by atoms with E-state index in [9.17, 15) is 5.11 Å². The first kappa shape index (κ1) is 17.9. The topological polar surface area (TPSA) is 58.6 Å². The highest BCUT2D eigenvalue weighted by Crippen LogP contribution is 2.31. The molecule has 3 aromatic carbocycles. The normalized spacial score (nSPS) is 11.5. The molecule has 4 nitrogen and oxygen atoms in total. The predicted octanol–water partition coefficient (Wildman–Crippen LogP) is 6.91. The zero-order valence-corrected chi connectivity index (χ0v) is 15.9. The molecule has 0 spiro atoms. The highest BCUT2D eigenvalue weighted by Gasteiger charge is 2.09. The maximum Gasteiger partial charge on any atom is 0.227 e. The summed E-state index contributed by atoms with van der Waals surface area (Å²) in [4.78, 5) is 8.78. The minimum absolute atomic E-state index is 0.0634. The molecule has 27 heavy (non-hydrogen) atoms. The summed E-state index contributed by atoms with van der Waals surface area (Å²) in [6.45, 7) is 0. The van der Waals surface area contributed by atoms with Crippen molar-refractivity contribution in [1.29, 1.82) is 0 Å². The van der Waals surface area contributed by atoms with Crippen molar-refractivity contribution < 1.29 is 9.52 Å². The summed E-state index contributed by atoms with van der Waals surface area (Å²) < 4.78 is 5.75. The quantitative estimate of drug-likeness (QED) is 0.368. The number of phenolic OH excluding ortho intramolecular Hbond substituents is 1. The molecule has 1 N–H and O–H groups in total. The Hall–Kier alpha value is -2.53. The molecule has 0 unspecified atom stereocenters. The van der Waals surface area contributed by atoms with Crippen LogP contribution in [0.2, 0.25) is 15.1 Å². The molecule has 0 aliphatic heterocycles. The molecule has 0 bridgehead atoms. The number of rotatable bonds is 3. The number of fused-ring (bicyclic) bond motifs is 1. The van der Waals surface area contributed by atoms with Crippen molar-refractivity contribution in [2.75, 3.05) is 0 Å². The first-order valence-corrected chi connectivity index (χ1v) is 9.01. The van der Waals surface area contributed by atoms with Crippen molar-refractivity contribution in [2.45, 2.75) is 0 Å². The van der Waals surface area contributed by atoms with Crippen LogP contribution in [0.4, 0.5) is 5.69 Å². The predicted molar refractivity (Wildman–Crippen MR) is 110 cm³/mol. The average molecular weight is 418 g/mol. The molecular weight excluding hydrogens is 407 g/mol. The Labute approximate surface area is 169 Å². The molecule has 0 radical (unpaired) electrons. The third kappa shape index (κ3) is 3.78. The largest absolute Gasteiger partial charge is 0.506 e. The summed E-state index contributed by atoms with van der Waals surface area (Å²) in [5, 5.41) is 11.2. The highest BCUT2D eigenvalue weighted by atomic mass is 35.5. The van der Waals surface area contributed by atoms with Crippen LogP contribution in [0.15, 0.2) is 64.0 Å². The van der Waals surface area contributed by atoms with Crippen LogP contribution in [-0.4, -0.2) is 16.3 Å². The van der Waals surface area contributed by atoms with E-state index in [4.69, 9.17) is 39.2 Å². The molecule has 7 heteroatoms. The van der Waals surface area contributed by atoms with Crippen LogP contribution in [0.25, 0.3) is 22.6 Å². The number of hydrogen-bond acceptors (Lipinski definition) is 4. The van der Waals surface area contributed by atoms with Gasteiger partial charge in [-0.15, -0.1) is 0 Å². The fourth-order valence-electron chi connectivity index (χ4n) is 2.54. The van der Waals surface area contributed by atoms with Crippen molar-refractivity contribution in [3.63, 3.8) is 0 Å². The van der Waals surface area contributed by atoms with E-state index in [1.54, 1.807) is 24.3 Å². The minimum Gasteiger partial charge on any atom is -0.506 e. The molecule has 1 aromatic heterocycles. The Morgan fingerprint density at radius 3 is 2.48 bits per heavy atom. The SMILES string of the molecule is Oc1c(Cl)cc(Cl)cc1C=Nc1ccc(-c2nc3cc(Cl)ccc3o2)cc1. The lowest BCUT2D eigenvalue weighted by Gasteiger charge is -2.02. The molecule has 0 fully saturated rings. The minimum atomic E-state index is -0.0634. The van der Waals surface area contributed by atoms with Crippen molar-refractivity contribution in [1.82, 2.24) is 4.98 Å². The Balaban J connectivity index is 1.60. The molecular formula is C20H11Cl3N2O2. The number of halogens is 3. The second-order valence-corrected chi connectivity index (χ2v) is 7.04. The number of aromatic hydroxyl groups is 1. The van der Waals surface area contributed by atoms with E-state index in [1.165, 1.54) is 12.3 Å². The number of benzene rings is 3. The number of nitrogens with zero attached hydrogens (tertiary/aromatic N) is 2. The molecule has 134 valence electrons. The van der Waals surface area contributed by atoms with E-state index in [-0.39, 0.29) is 10.8 Å². The first-order valence-electron chi connectivity index (χ1n) is 7.88. The van der Waals surface area contributed by atoms with Crippen molar-refractivity contribution >= 4 is 57.8 Å². The van der Waals surface area contributed by atoms with E-state index < -0.39 is 0 Å². The third-order valence-corrected chi connectivity index (χ3v) is 4.62. The lowest BCUT2D eigenvalue weighted by Crippen LogP contribution is -1.84. The van der Waals surface area contributed by atoms with Gasteiger partial charge in [0.2, 0.25) is 5.89 Å². The molecule has 1 heterocycles. The van der Waals surface area contributed by atoms with Gasteiger partial charge in [-0.1, -0.05) is 34.8 Å². The summed E-state index contributed by atoms with van der Waals surface area (Å²) in [5.74, 6) is 0.439. The van der Waals surface area contributed by atoms with Crippen molar-refractivity contribution in [2.24, 2.45) is 4.99 Å². The van der Waals surface area contributed by atoms with Gasteiger partial charge in [-0.05, 0) is 54.6 Å². The fourth-order valence-corrected chi connectivity index (χ4v) is 3.22. The lowest BCUT2D eigenvalue weighted by molar-refractivity contribution is 0.475. The smallest absolute Gasteiger partial charge is 0.227 e. The Bertz CT molecular complexity index is 1170. The van der Waals surface area contributed by atoms with Gasteiger partial charge in [-0.3, -0.25) is 4.99 Å². The molecule has 0 aliphatic rings. The van der Waals surface area contributed by atoms with E-state index in [0.29, 0.717) is 38.3 Å². The van der Waals surface area contributed by atoms with Gasteiger partial charge < -0.3 is 9.52 Å². The molecule has 0 saturated carbocycles. The Morgan fingerprint density at radius 1 is 0.926 bits per heavy atom. The molecule has 0 amide bonds. The van der Waals surface area contributed by atoms with Crippen LogP contribution in [0.5, 0.6) is 5.75 Å². The van der Waals surface area contributed by atoms with Gasteiger partial charge in [-0.2, -0.15) is 0 Å². The second-order valence-electron chi connectivity index (χ2n) is 5.76. The Morgan fingerprint density at radius 2 is 1.70 bits per heavy atom. The van der Waals surface area contributed by atoms with Crippen LogP contribution in [0.3, 0.4) is 0 Å². The molecule has 0 saturated heterocycles. The lowest BCUT2D eigenvalue weighted by atomic mass is 10.2. The molecule has 0 atom stereocenters. The number of oxazole rings is 1. The van der Waals surface area contributed by atoms with Crippen LogP contribution in [0, 0.1) is 0 Å². The summed E-state index contributed by atoms with van der Waals surface area (Å²) >= 11 is 17.8. The maximum atomic E-state index is 9.97. The maximum absolute atomic E-state index is 9.97. The summed E-state index contributed by atoms with van der Waals surface area (Å²) in [6.07, 6.45) is 1.50. The van der Waals surface area contributed by atoms with E-state index in [0.717, 1.165) is 5.56 Å². The fraction of sp³-hybridized carbons (Fsp3) is 0. The Kier molecular flexibility index (Phi) is 4.79. The second kappa shape index (κ2) is 7.24. The number of hydrogen-bond donors (Lipinski definition) is 1. The van der Waals surface area contributed by atoms with Gasteiger partial charge in [-0.25, -0.2) is 4.98 Å².